The monoisotopic (exact) mass is 1280 g/mol. The van der Waals surface area contributed by atoms with Crippen LogP contribution in [0.2, 0.25) is 0 Å². The minimum Gasteiger partial charge on any atom is -0.756 e. The van der Waals surface area contributed by atoms with Crippen molar-refractivity contribution in [3.8, 4) is 0 Å². The van der Waals surface area contributed by atoms with Gasteiger partial charge in [-0.2, -0.15) is 0 Å². The zero-order valence-electron chi connectivity index (χ0n) is 59.8. The lowest BCUT2D eigenvalue weighted by atomic mass is 10.0. The predicted molar refractivity (Wildman–Crippen MR) is 394 cm³/mol. The van der Waals surface area contributed by atoms with E-state index in [2.05, 4.69) is 116 Å². The first kappa shape index (κ1) is 87.2. The molecule has 8 nitrogen and oxygen atoms in total. The van der Waals surface area contributed by atoms with Gasteiger partial charge in [0.25, 0.3) is 7.82 Å². The van der Waals surface area contributed by atoms with Gasteiger partial charge in [0.15, 0.2) is 0 Å². The largest absolute Gasteiger partial charge is 0.756 e. The summed E-state index contributed by atoms with van der Waals surface area (Å²) in [5.74, 6) is -0.209. The molecule has 0 fully saturated rings. The molecule has 2 N–H and O–H groups in total. The molecule has 0 aliphatic carbocycles. The SMILES string of the molecule is CC/C=C\C/C=C\C/C=C\C/C=C\C/C=C\C/C=C\CCCCCCCCCCCCCCCCCCCCC(=O)NC(COP(=O)([O-])OCC[N+](C)(C)C)C(O)/C=C/CC/C=C/CC/C=C/CCCCCCCCCCCCCCCCCCCCCCC. The van der Waals surface area contributed by atoms with E-state index in [-0.39, 0.29) is 12.5 Å². The Hall–Kier alpha value is -2.84. The Morgan fingerprint density at radius 3 is 1.03 bits per heavy atom. The highest BCUT2D eigenvalue weighted by molar-refractivity contribution is 7.45. The zero-order valence-corrected chi connectivity index (χ0v) is 60.7. The lowest BCUT2D eigenvalue weighted by molar-refractivity contribution is -0.870. The fourth-order valence-electron chi connectivity index (χ4n) is 11.1. The summed E-state index contributed by atoms with van der Waals surface area (Å²) in [5, 5.41) is 14.0. The third-order valence-corrected chi connectivity index (χ3v) is 17.9. The summed E-state index contributed by atoms with van der Waals surface area (Å²) >= 11 is 0. The third kappa shape index (κ3) is 72.6. The number of nitrogens with one attached hydrogen (secondary N) is 1. The van der Waals surface area contributed by atoms with Crippen molar-refractivity contribution >= 4 is 13.7 Å². The Morgan fingerprint density at radius 1 is 0.400 bits per heavy atom. The second kappa shape index (κ2) is 70.5. The number of rotatable bonds is 70. The molecule has 3 atom stereocenters. The molecular weight excluding hydrogens is 1130 g/mol. The number of phosphoric ester groups is 1. The van der Waals surface area contributed by atoms with Crippen molar-refractivity contribution in [1.82, 2.24) is 5.32 Å². The summed E-state index contributed by atoms with van der Waals surface area (Å²) in [5.41, 5.74) is 0. The lowest BCUT2D eigenvalue weighted by Crippen LogP contribution is -2.45. The van der Waals surface area contributed by atoms with E-state index in [0.717, 1.165) is 83.5 Å². The van der Waals surface area contributed by atoms with Crippen LogP contribution >= 0.6 is 7.82 Å². The van der Waals surface area contributed by atoms with Gasteiger partial charge in [-0.3, -0.25) is 9.36 Å². The molecule has 0 saturated heterocycles. The van der Waals surface area contributed by atoms with E-state index >= 15 is 0 Å². The number of carbonyl (C=O) groups is 1. The van der Waals surface area contributed by atoms with Gasteiger partial charge in [-0.15, -0.1) is 0 Å². The number of aliphatic hydroxyl groups excluding tert-OH is 1. The second-order valence-corrected chi connectivity index (χ2v) is 28.4. The van der Waals surface area contributed by atoms with Crippen LogP contribution in [0.25, 0.3) is 0 Å². The number of quaternary nitrogens is 1. The Balaban J connectivity index is 4.07. The molecule has 0 bridgehead atoms. The molecular formula is C81H147N2O6P. The van der Waals surface area contributed by atoms with Crippen LogP contribution in [0.4, 0.5) is 0 Å². The molecule has 9 heteroatoms. The zero-order chi connectivity index (χ0) is 65.5. The molecule has 0 aliphatic heterocycles. The number of likely N-dealkylation sites (N-methyl/N-ethyl adjacent to an activating group) is 1. The van der Waals surface area contributed by atoms with E-state index < -0.39 is 26.6 Å². The smallest absolute Gasteiger partial charge is 0.268 e. The molecule has 0 aliphatic rings. The van der Waals surface area contributed by atoms with Crippen molar-refractivity contribution in [1.29, 1.82) is 0 Å². The van der Waals surface area contributed by atoms with E-state index in [1.165, 1.54) is 244 Å². The van der Waals surface area contributed by atoms with Crippen molar-refractivity contribution in [2.24, 2.45) is 0 Å². The van der Waals surface area contributed by atoms with Crippen LogP contribution in [-0.4, -0.2) is 68.5 Å². The number of allylic oxidation sites excluding steroid dienone is 17. The number of phosphoric acid groups is 1. The number of aliphatic hydroxyl groups is 1. The maximum atomic E-state index is 13.1. The molecule has 0 aromatic carbocycles. The Morgan fingerprint density at radius 2 is 0.689 bits per heavy atom. The topological polar surface area (TPSA) is 108 Å². The highest BCUT2D eigenvalue weighted by atomic mass is 31.2. The molecule has 0 aromatic heterocycles. The van der Waals surface area contributed by atoms with Crippen LogP contribution in [0.15, 0.2) is 109 Å². The minimum atomic E-state index is -4.62. The standard InChI is InChI=1S/C81H147N2O6P/c1-6-8-10-12-14-16-18-20-22-24-26-28-30-32-34-36-38-39-40-41-42-43-45-47-49-51-53-55-57-59-61-63-65-67-69-71-73-75-81(85)82-79(78-89-90(86,87)88-77-76-83(3,4)5)80(84)74-72-70-68-66-64-62-60-58-56-54-52-50-48-46-44-37-35-33-31-29-27-25-23-21-19-17-15-13-11-9-7-2/h8,10,14,16,20,22,26,28,32,34,38-39,56,58,64,66,72,74,79-80,84H,6-7,9,11-13,15,17-19,21,23-25,27,29-31,33,35-37,40-55,57,59-63,65,67-71,73,75-78H2,1-5H3,(H-,82,85,86,87)/b10-8-,16-14-,22-20-,28-26-,34-32-,39-38-,58-56+,66-64+,74-72+. The fraction of sp³-hybridized carbons (Fsp3) is 0.765. The van der Waals surface area contributed by atoms with E-state index in [9.17, 15) is 19.4 Å². The normalized spacial score (nSPS) is 14.2. The van der Waals surface area contributed by atoms with E-state index in [1.807, 2.05) is 27.2 Å². The summed E-state index contributed by atoms with van der Waals surface area (Å²) in [6.45, 7) is 4.54. The van der Waals surface area contributed by atoms with Gasteiger partial charge >= 0.3 is 0 Å². The first-order chi connectivity index (χ1) is 44.0. The van der Waals surface area contributed by atoms with Crippen molar-refractivity contribution < 1.29 is 32.9 Å². The van der Waals surface area contributed by atoms with E-state index in [4.69, 9.17) is 9.05 Å². The predicted octanol–water partition coefficient (Wildman–Crippen LogP) is 24.4. The Bertz CT molecular complexity index is 1840. The van der Waals surface area contributed by atoms with E-state index in [1.54, 1.807) is 6.08 Å². The van der Waals surface area contributed by atoms with Gasteiger partial charge in [0.2, 0.25) is 5.91 Å². The summed E-state index contributed by atoms with van der Waals surface area (Å²) in [4.78, 5) is 25.7. The molecule has 522 valence electrons. The van der Waals surface area contributed by atoms with Crippen LogP contribution in [0.5, 0.6) is 0 Å². The van der Waals surface area contributed by atoms with Gasteiger partial charge < -0.3 is 28.8 Å². The molecule has 0 heterocycles. The molecule has 0 rings (SSSR count). The van der Waals surface area contributed by atoms with Crippen LogP contribution in [0.1, 0.15) is 348 Å². The Kier molecular flexibility index (Phi) is 68.3. The maximum absolute atomic E-state index is 13.1. The van der Waals surface area contributed by atoms with Crippen molar-refractivity contribution in [2.45, 2.75) is 360 Å². The van der Waals surface area contributed by atoms with Gasteiger partial charge in [0.1, 0.15) is 13.2 Å². The van der Waals surface area contributed by atoms with Crippen LogP contribution < -0.4 is 10.2 Å². The molecule has 3 unspecified atom stereocenters. The number of hydrogen-bond donors (Lipinski definition) is 2. The molecule has 90 heavy (non-hydrogen) atoms. The molecule has 1 amide bonds. The van der Waals surface area contributed by atoms with Crippen LogP contribution in [-0.2, 0) is 18.4 Å². The molecule has 0 aromatic rings. The second-order valence-electron chi connectivity index (χ2n) is 27.0. The van der Waals surface area contributed by atoms with Crippen LogP contribution in [0, 0.1) is 0 Å². The molecule has 0 radical (unpaired) electrons. The highest BCUT2D eigenvalue weighted by Gasteiger charge is 2.23. The number of carbonyl (C=O) groups excluding carboxylic acids is 1. The van der Waals surface area contributed by atoms with Crippen LogP contribution in [0.3, 0.4) is 0 Å². The van der Waals surface area contributed by atoms with Gasteiger partial charge in [-0.05, 0) is 96.3 Å². The van der Waals surface area contributed by atoms with Crippen molar-refractivity contribution in [3.05, 3.63) is 109 Å². The highest BCUT2D eigenvalue weighted by Crippen LogP contribution is 2.38. The van der Waals surface area contributed by atoms with Gasteiger partial charge in [0, 0.05) is 6.42 Å². The number of hydrogen-bond acceptors (Lipinski definition) is 6. The van der Waals surface area contributed by atoms with Crippen molar-refractivity contribution in [3.63, 3.8) is 0 Å². The average molecular weight is 1280 g/mol. The third-order valence-electron chi connectivity index (χ3n) is 16.9. The molecule has 0 saturated carbocycles. The number of amides is 1. The first-order valence-corrected chi connectivity index (χ1v) is 39.7. The fourth-order valence-corrected chi connectivity index (χ4v) is 11.8. The molecule has 0 spiro atoms. The summed E-state index contributed by atoms with van der Waals surface area (Å²) in [6, 6.07) is -0.917. The van der Waals surface area contributed by atoms with E-state index in [0.29, 0.717) is 17.4 Å². The van der Waals surface area contributed by atoms with Gasteiger partial charge in [-0.1, -0.05) is 354 Å². The first-order valence-electron chi connectivity index (χ1n) is 38.2. The summed E-state index contributed by atoms with van der Waals surface area (Å²) < 4.78 is 23.5. The van der Waals surface area contributed by atoms with Crippen molar-refractivity contribution in [2.75, 3.05) is 40.9 Å². The lowest BCUT2D eigenvalue weighted by Gasteiger charge is -2.29. The minimum absolute atomic E-state index is 0.0116. The number of unbranched alkanes of at least 4 members (excludes halogenated alkanes) is 41. The number of nitrogens with zero attached hydrogens (tertiary/aromatic N) is 1. The summed E-state index contributed by atoms with van der Waals surface area (Å²) in [7, 11) is 1.24. The van der Waals surface area contributed by atoms with Gasteiger partial charge in [0.05, 0.1) is 39.9 Å². The average Bonchev–Trinajstić information content (AvgIpc) is 3.18. The Labute approximate surface area is 559 Å². The summed E-state index contributed by atoms with van der Waals surface area (Å²) in [6.07, 6.45) is 104. The van der Waals surface area contributed by atoms with Gasteiger partial charge in [-0.25, -0.2) is 0 Å². The maximum Gasteiger partial charge on any atom is 0.268 e. The quantitative estimate of drug-likeness (QED) is 0.0272.